The molecule has 8 aromatic rings. The molecular weight excluding hydrogens is 731 g/mol. The molecule has 0 fully saturated rings. The molecule has 0 bridgehead atoms. The fraction of sp³-hybridized carbons (Fsp3) is 0.0513. The van der Waals surface area contributed by atoms with Crippen molar-refractivity contribution in [1.29, 1.82) is 0 Å². The Kier molecular flexibility index (Phi) is 6.45. The van der Waals surface area contributed by atoms with Gasteiger partial charge >= 0.3 is 20.1 Å². The van der Waals surface area contributed by atoms with Crippen LogP contribution in [0.25, 0.3) is 71.1 Å². The molecule has 5 heterocycles. The number of rotatable bonds is 0. The van der Waals surface area contributed by atoms with Gasteiger partial charge in [-0.1, -0.05) is 109 Å². The monoisotopic (exact) mass is 758 g/mol. The smallest absolute Gasteiger partial charge is 0.504 e. The second-order valence-corrected chi connectivity index (χ2v) is 11.4. The summed E-state index contributed by atoms with van der Waals surface area (Å²) < 4.78 is 4.21. The molecule has 10 rings (SSSR count). The molecule has 216 valence electrons. The molecule has 3 aromatic heterocycles. The van der Waals surface area contributed by atoms with E-state index in [2.05, 4.69) is 136 Å². The number of pyridine rings is 2. The van der Waals surface area contributed by atoms with Gasteiger partial charge in [0.1, 0.15) is 11.9 Å². The fourth-order valence-corrected chi connectivity index (χ4v) is 6.93. The number of aromatic nitrogens is 3. The van der Waals surface area contributed by atoms with Gasteiger partial charge in [0.15, 0.2) is 0 Å². The zero-order chi connectivity index (χ0) is 29.4. The van der Waals surface area contributed by atoms with Gasteiger partial charge in [-0.2, -0.15) is 12.1 Å². The summed E-state index contributed by atoms with van der Waals surface area (Å²) in [5.41, 5.74) is 7.08. The Labute approximate surface area is 274 Å². The molecule has 6 heteroatoms. The number of hydrogen-bond acceptors (Lipinski definition) is 3. The maximum absolute atomic E-state index is 4.72. The molecule has 2 aliphatic rings. The van der Waals surface area contributed by atoms with Crippen molar-refractivity contribution < 1.29 is 24.8 Å². The predicted molar refractivity (Wildman–Crippen MR) is 179 cm³/mol. The van der Waals surface area contributed by atoms with Crippen LogP contribution in [0.3, 0.4) is 0 Å². The summed E-state index contributed by atoms with van der Waals surface area (Å²) in [4.78, 5) is 6.78. The molecule has 0 spiro atoms. The normalized spacial score (nSPS) is 13.3. The van der Waals surface area contributed by atoms with Crippen LogP contribution in [0.5, 0.6) is 0 Å². The van der Waals surface area contributed by atoms with Crippen molar-refractivity contribution in [3.05, 3.63) is 146 Å². The Morgan fingerprint density at radius 3 is 2.42 bits per heavy atom. The van der Waals surface area contributed by atoms with Crippen LogP contribution in [0.2, 0.25) is 0 Å². The van der Waals surface area contributed by atoms with Crippen molar-refractivity contribution in [2.24, 2.45) is 7.05 Å². The van der Waals surface area contributed by atoms with Gasteiger partial charge in [-0.05, 0) is 64.2 Å². The maximum Gasteiger partial charge on any atom is 3.00 e. The minimum Gasteiger partial charge on any atom is -0.504 e. The predicted octanol–water partition coefficient (Wildman–Crippen LogP) is 7.74. The maximum atomic E-state index is 4.72. The molecule has 0 saturated carbocycles. The Morgan fingerprint density at radius 2 is 1.51 bits per heavy atom. The van der Waals surface area contributed by atoms with E-state index < -0.39 is 0 Å². The average molecular weight is 758 g/mol. The molecule has 0 saturated heterocycles. The van der Waals surface area contributed by atoms with E-state index in [-0.39, 0.29) is 20.1 Å². The standard InChI is InChI=1S/C24H15N2.C15H12N3.Ir/c1-26-14-12-20-23-18(7-4-13-25-23)22-19(24(20)26)11-10-16-9-8-15-5-2-3-6-17(15)21(16)22;1-16-10-15-13-7-3-2-6-12(13)14-8-4-5-9-17(14)18(15)11-16;/h2-11,13-14H,1H3;2-8,10-11H,1H3;/q2*-1;+3. The Balaban J connectivity index is 0.000000139. The SMILES string of the molecule is CN1C=C2c3ccccc3-c3ccc[c-][n+]3N2[CH-]1.Cn1c[c-]c2c3ncccc3c3c(ccc4ccc5ccccc5c43)c21.[Ir+3]. The number of aryl methyl sites for hydroxylation is 1. The fourth-order valence-electron chi connectivity index (χ4n) is 6.93. The molecule has 0 N–H and O–H groups in total. The second-order valence-electron chi connectivity index (χ2n) is 11.4. The van der Waals surface area contributed by atoms with Crippen molar-refractivity contribution in [2.45, 2.75) is 0 Å². The molecule has 0 unspecified atom stereocenters. The molecule has 0 radical (unpaired) electrons. The van der Waals surface area contributed by atoms with Gasteiger partial charge in [-0.25, -0.2) is 4.68 Å². The van der Waals surface area contributed by atoms with E-state index in [4.69, 9.17) is 4.98 Å². The van der Waals surface area contributed by atoms with E-state index in [9.17, 15) is 0 Å². The first kappa shape index (κ1) is 27.5. The van der Waals surface area contributed by atoms with Crippen molar-refractivity contribution in [3.8, 4) is 11.3 Å². The van der Waals surface area contributed by atoms with Gasteiger partial charge in [0, 0.05) is 17.3 Å². The van der Waals surface area contributed by atoms with E-state index in [0.29, 0.717) is 0 Å². The first-order chi connectivity index (χ1) is 21.7. The molecule has 2 aliphatic heterocycles. The number of hydrogen-bond donors (Lipinski definition) is 0. The first-order valence-corrected chi connectivity index (χ1v) is 14.8. The third kappa shape index (κ3) is 4.10. The van der Waals surface area contributed by atoms with Crippen LogP contribution in [0.1, 0.15) is 5.56 Å². The molecule has 0 amide bonds. The summed E-state index contributed by atoms with van der Waals surface area (Å²) in [5, 5.41) is 12.1. The summed E-state index contributed by atoms with van der Waals surface area (Å²) in [6.07, 6.45) is 9.28. The average Bonchev–Trinajstić information content (AvgIpc) is 3.67. The van der Waals surface area contributed by atoms with E-state index >= 15 is 0 Å². The largest absolute Gasteiger partial charge is 3.00 e. The molecular formula is C39H27IrN5+. The summed E-state index contributed by atoms with van der Waals surface area (Å²) in [6.45, 7) is 2.06. The Hall–Kier alpha value is -5.03. The van der Waals surface area contributed by atoms with Gasteiger partial charge in [0.05, 0.1) is 5.70 Å². The first-order valence-electron chi connectivity index (χ1n) is 14.8. The van der Waals surface area contributed by atoms with Crippen LogP contribution in [0.15, 0.2) is 122 Å². The Morgan fingerprint density at radius 1 is 0.733 bits per heavy atom. The van der Waals surface area contributed by atoms with Crippen LogP contribution < -0.4 is 9.69 Å². The van der Waals surface area contributed by atoms with Crippen molar-refractivity contribution in [2.75, 3.05) is 12.1 Å². The van der Waals surface area contributed by atoms with Gasteiger partial charge in [-0.3, -0.25) is 5.01 Å². The summed E-state index contributed by atoms with van der Waals surface area (Å²) in [6, 6.07) is 39.7. The van der Waals surface area contributed by atoms with E-state index in [1.807, 2.05) is 37.6 Å². The summed E-state index contributed by atoms with van der Waals surface area (Å²) in [7, 11) is 4.12. The van der Waals surface area contributed by atoms with Crippen LogP contribution in [-0.4, -0.2) is 21.5 Å². The topological polar surface area (TPSA) is 28.2 Å². The minimum absolute atomic E-state index is 0. The van der Waals surface area contributed by atoms with Crippen LogP contribution in [0.4, 0.5) is 0 Å². The number of benzene rings is 5. The number of nitrogens with zero attached hydrogens (tertiary/aromatic N) is 5. The van der Waals surface area contributed by atoms with Crippen molar-refractivity contribution in [1.82, 2.24) is 14.5 Å². The molecule has 5 aromatic carbocycles. The zero-order valence-electron chi connectivity index (χ0n) is 24.7. The van der Waals surface area contributed by atoms with Crippen molar-refractivity contribution >= 4 is 59.8 Å². The number of fused-ring (bicyclic) bond motifs is 16. The third-order valence-corrected chi connectivity index (χ3v) is 8.81. The van der Waals surface area contributed by atoms with E-state index in [1.165, 1.54) is 60.0 Å². The van der Waals surface area contributed by atoms with Crippen LogP contribution in [-0.2, 0) is 27.2 Å². The van der Waals surface area contributed by atoms with Crippen LogP contribution >= 0.6 is 0 Å². The summed E-state index contributed by atoms with van der Waals surface area (Å²) >= 11 is 0. The van der Waals surface area contributed by atoms with Crippen LogP contribution in [0, 0.1) is 18.9 Å². The Bertz CT molecular complexity index is 2480. The molecule has 5 nitrogen and oxygen atoms in total. The van der Waals surface area contributed by atoms with Crippen molar-refractivity contribution in [3.63, 3.8) is 0 Å². The zero-order valence-corrected chi connectivity index (χ0v) is 27.1. The van der Waals surface area contributed by atoms with Gasteiger partial charge in [-0.15, -0.1) is 11.5 Å². The molecule has 0 aliphatic carbocycles. The summed E-state index contributed by atoms with van der Waals surface area (Å²) in [5.74, 6) is 0. The molecule has 0 atom stereocenters. The van der Waals surface area contributed by atoms with Gasteiger partial charge in [0.2, 0.25) is 0 Å². The van der Waals surface area contributed by atoms with Gasteiger partial charge in [0.25, 0.3) is 0 Å². The van der Waals surface area contributed by atoms with Gasteiger partial charge < -0.3 is 14.5 Å². The third-order valence-electron chi connectivity index (χ3n) is 8.81. The molecule has 45 heavy (non-hydrogen) atoms. The quantitative estimate of drug-likeness (QED) is 0.0901. The van der Waals surface area contributed by atoms with E-state index in [1.54, 1.807) is 0 Å². The second kappa shape index (κ2) is 10.6. The van der Waals surface area contributed by atoms with E-state index in [0.717, 1.165) is 16.6 Å². The minimum atomic E-state index is 0.